The van der Waals surface area contributed by atoms with E-state index in [2.05, 4.69) is 9.97 Å². The van der Waals surface area contributed by atoms with E-state index < -0.39 is 0 Å². The summed E-state index contributed by atoms with van der Waals surface area (Å²) >= 11 is 1.54. The lowest BCUT2D eigenvalue weighted by atomic mass is 10.3. The maximum atomic E-state index is 5.73. The van der Waals surface area contributed by atoms with Crippen molar-refractivity contribution < 1.29 is 0 Å². The number of nitrogen functional groups attached to an aromatic ring is 1. The Morgan fingerprint density at radius 1 is 1.43 bits per heavy atom. The van der Waals surface area contributed by atoms with Crippen molar-refractivity contribution in [3.63, 3.8) is 0 Å². The van der Waals surface area contributed by atoms with E-state index in [1.807, 2.05) is 25.1 Å². The number of nitrogens with two attached hydrogens (primary N) is 1. The molecule has 0 saturated carbocycles. The standard InChI is InChI=1S/C10H11N3S/c1-7-10(11)14-9(13-7)6-8-4-2-3-5-12-8/h2-5H,6,11H2,1H3. The molecule has 0 aliphatic carbocycles. The van der Waals surface area contributed by atoms with Crippen molar-refractivity contribution in [3.8, 4) is 0 Å². The Morgan fingerprint density at radius 2 is 2.29 bits per heavy atom. The van der Waals surface area contributed by atoms with Gasteiger partial charge in [-0.15, -0.1) is 11.3 Å². The SMILES string of the molecule is Cc1nc(Cc2ccccn2)sc1N. The third kappa shape index (κ3) is 1.90. The Labute approximate surface area is 86.6 Å². The second-order valence-electron chi connectivity index (χ2n) is 3.06. The van der Waals surface area contributed by atoms with Crippen LogP contribution in [0.4, 0.5) is 5.00 Å². The summed E-state index contributed by atoms with van der Waals surface area (Å²) in [7, 11) is 0. The maximum Gasteiger partial charge on any atom is 0.109 e. The van der Waals surface area contributed by atoms with Crippen LogP contribution in [-0.4, -0.2) is 9.97 Å². The summed E-state index contributed by atoms with van der Waals surface area (Å²) in [5.41, 5.74) is 7.68. The van der Waals surface area contributed by atoms with Crippen molar-refractivity contribution in [1.29, 1.82) is 0 Å². The minimum atomic E-state index is 0.767. The molecule has 14 heavy (non-hydrogen) atoms. The largest absolute Gasteiger partial charge is 0.389 e. The van der Waals surface area contributed by atoms with Crippen LogP contribution in [0.25, 0.3) is 0 Å². The molecule has 0 saturated heterocycles. The molecule has 0 aromatic carbocycles. The highest BCUT2D eigenvalue weighted by molar-refractivity contribution is 7.15. The van der Waals surface area contributed by atoms with Gasteiger partial charge in [0.1, 0.15) is 10.0 Å². The summed E-state index contributed by atoms with van der Waals surface area (Å²) in [6.45, 7) is 1.92. The van der Waals surface area contributed by atoms with Crippen molar-refractivity contribution in [1.82, 2.24) is 9.97 Å². The maximum absolute atomic E-state index is 5.73. The predicted octanol–water partition coefficient (Wildman–Crippen LogP) is 2.02. The van der Waals surface area contributed by atoms with Gasteiger partial charge in [0.2, 0.25) is 0 Å². The van der Waals surface area contributed by atoms with Crippen LogP contribution in [-0.2, 0) is 6.42 Å². The van der Waals surface area contributed by atoms with Crippen molar-refractivity contribution in [2.24, 2.45) is 0 Å². The van der Waals surface area contributed by atoms with Crippen molar-refractivity contribution >= 4 is 16.3 Å². The van der Waals surface area contributed by atoms with Gasteiger partial charge in [0, 0.05) is 18.3 Å². The van der Waals surface area contributed by atoms with Gasteiger partial charge in [-0.2, -0.15) is 0 Å². The molecule has 72 valence electrons. The zero-order chi connectivity index (χ0) is 9.97. The summed E-state index contributed by atoms with van der Waals surface area (Å²) in [5, 5.41) is 1.83. The van der Waals surface area contributed by atoms with Gasteiger partial charge in [-0.1, -0.05) is 6.07 Å². The number of nitrogens with zero attached hydrogens (tertiary/aromatic N) is 2. The van der Waals surface area contributed by atoms with Crippen LogP contribution in [0.2, 0.25) is 0 Å². The summed E-state index contributed by atoms with van der Waals surface area (Å²) in [6, 6.07) is 5.88. The molecule has 0 aliphatic heterocycles. The fraction of sp³-hybridized carbons (Fsp3) is 0.200. The Balaban J connectivity index is 2.19. The minimum absolute atomic E-state index is 0.767. The molecule has 4 heteroatoms. The average molecular weight is 205 g/mol. The zero-order valence-electron chi connectivity index (χ0n) is 7.90. The van der Waals surface area contributed by atoms with Crippen LogP contribution in [0.1, 0.15) is 16.4 Å². The Hall–Kier alpha value is -1.42. The summed E-state index contributed by atoms with van der Waals surface area (Å²) in [4.78, 5) is 8.60. The smallest absolute Gasteiger partial charge is 0.109 e. The number of aromatic nitrogens is 2. The highest BCUT2D eigenvalue weighted by atomic mass is 32.1. The second-order valence-corrected chi connectivity index (χ2v) is 4.17. The number of hydrogen-bond acceptors (Lipinski definition) is 4. The molecule has 0 spiro atoms. The number of hydrogen-bond donors (Lipinski definition) is 1. The summed E-state index contributed by atoms with van der Waals surface area (Å²) in [6.07, 6.45) is 2.56. The first-order chi connectivity index (χ1) is 6.75. The van der Waals surface area contributed by atoms with Gasteiger partial charge in [0.25, 0.3) is 0 Å². The van der Waals surface area contributed by atoms with Gasteiger partial charge < -0.3 is 5.73 Å². The molecule has 0 aliphatic rings. The third-order valence-corrected chi connectivity index (χ3v) is 2.92. The van der Waals surface area contributed by atoms with Crippen LogP contribution in [0, 0.1) is 6.92 Å². The molecule has 3 nitrogen and oxygen atoms in total. The van der Waals surface area contributed by atoms with Crippen molar-refractivity contribution in [2.75, 3.05) is 5.73 Å². The molecule has 0 unspecified atom stereocenters. The molecule has 2 heterocycles. The average Bonchev–Trinajstić information content (AvgIpc) is 2.47. The fourth-order valence-corrected chi connectivity index (χ4v) is 2.05. The van der Waals surface area contributed by atoms with Gasteiger partial charge in [-0.25, -0.2) is 4.98 Å². The Bertz CT molecular complexity index is 403. The van der Waals surface area contributed by atoms with Crippen LogP contribution < -0.4 is 5.73 Å². The van der Waals surface area contributed by atoms with E-state index in [0.717, 1.165) is 27.8 Å². The lowest BCUT2D eigenvalue weighted by Crippen LogP contribution is -1.90. The normalized spacial score (nSPS) is 10.4. The van der Waals surface area contributed by atoms with Crippen LogP contribution >= 0.6 is 11.3 Å². The second kappa shape index (κ2) is 3.75. The van der Waals surface area contributed by atoms with E-state index in [9.17, 15) is 0 Å². The fourth-order valence-electron chi connectivity index (χ4n) is 1.20. The van der Waals surface area contributed by atoms with Gasteiger partial charge in [0.05, 0.1) is 5.69 Å². The number of aryl methyl sites for hydroxylation is 1. The monoisotopic (exact) mass is 205 g/mol. The van der Waals surface area contributed by atoms with Gasteiger partial charge in [0.15, 0.2) is 0 Å². The van der Waals surface area contributed by atoms with Gasteiger partial charge in [-0.05, 0) is 19.1 Å². The van der Waals surface area contributed by atoms with Gasteiger partial charge in [-0.3, -0.25) is 4.98 Å². The quantitative estimate of drug-likeness (QED) is 0.816. The molecule has 0 amide bonds. The minimum Gasteiger partial charge on any atom is -0.389 e. The summed E-state index contributed by atoms with van der Waals surface area (Å²) in [5.74, 6) is 0. The summed E-state index contributed by atoms with van der Waals surface area (Å²) < 4.78 is 0. The first kappa shape index (κ1) is 9.15. The van der Waals surface area contributed by atoms with Crippen LogP contribution in [0.5, 0.6) is 0 Å². The molecule has 2 aromatic heterocycles. The first-order valence-corrected chi connectivity index (χ1v) is 5.19. The molecule has 2 aromatic rings. The molecule has 2 rings (SSSR count). The van der Waals surface area contributed by atoms with E-state index in [4.69, 9.17) is 5.73 Å². The highest BCUT2D eigenvalue weighted by Crippen LogP contribution is 2.21. The van der Waals surface area contributed by atoms with E-state index in [-0.39, 0.29) is 0 Å². The molecule has 2 N–H and O–H groups in total. The molecule has 0 atom stereocenters. The zero-order valence-corrected chi connectivity index (χ0v) is 8.71. The van der Waals surface area contributed by atoms with E-state index in [1.165, 1.54) is 11.3 Å². The van der Waals surface area contributed by atoms with Crippen molar-refractivity contribution in [2.45, 2.75) is 13.3 Å². The number of pyridine rings is 1. The van der Waals surface area contributed by atoms with Gasteiger partial charge >= 0.3 is 0 Å². The first-order valence-electron chi connectivity index (χ1n) is 4.37. The lowest BCUT2D eigenvalue weighted by Gasteiger charge is -1.94. The lowest BCUT2D eigenvalue weighted by molar-refractivity contribution is 1.04. The van der Waals surface area contributed by atoms with E-state index >= 15 is 0 Å². The van der Waals surface area contributed by atoms with Crippen LogP contribution in [0.15, 0.2) is 24.4 Å². The number of thiazole rings is 1. The molecule has 0 radical (unpaired) electrons. The van der Waals surface area contributed by atoms with Crippen molar-refractivity contribution in [3.05, 3.63) is 40.8 Å². The molecule has 0 bridgehead atoms. The molecule has 0 fully saturated rings. The molecular formula is C10H11N3S. The third-order valence-electron chi connectivity index (χ3n) is 1.94. The predicted molar refractivity (Wildman–Crippen MR) is 58.3 cm³/mol. The molecular weight excluding hydrogens is 194 g/mol. The van der Waals surface area contributed by atoms with E-state index in [1.54, 1.807) is 6.20 Å². The number of anilines is 1. The Kier molecular flexibility index (Phi) is 2.45. The Morgan fingerprint density at radius 3 is 2.86 bits per heavy atom. The van der Waals surface area contributed by atoms with E-state index in [0.29, 0.717) is 0 Å². The van der Waals surface area contributed by atoms with Crippen LogP contribution in [0.3, 0.4) is 0 Å². The topological polar surface area (TPSA) is 51.8 Å². The highest BCUT2D eigenvalue weighted by Gasteiger charge is 2.05. The number of rotatable bonds is 2.